The maximum absolute atomic E-state index is 9.48. The number of halogens is 1. The zero-order chi connectivity index (χ0) is 20.3. The maximum Gasteiger partial charge on any atom is 0.103 e. The van der Waals surface area contributed by atoms with E-state index in [0.29, 0.717) is 22.9 Å². The van der Waals surface area contributed by atoms with E-state index in [1.54, 1.807) is 6.07 Å². The van der Waals surface area contributed by atoms with Crippen molar-refractivity contribution in [2.24, 2.45) is 11.3 Å². The van der Waals surface area contributed by atoms with E-state index in [0.717, 1.165) is 44.0 Å². The molecule has 0 bridgehead atoms. The zero-order valence-corrected chi connectivity index (χ0v) is 17.4. The van der Waals surface area contributed by atoms with Gasteiger partial charge in [-0.25, -0.2) is 0 Å². The number of benzene rings is 2. The summed E-state index contributed by atoms with van der Waals surface area (Å²) in [6.45, 7) is 1.76. The highest BCUT2D eigenvalue weighted by Crippen LogP contribution is 2.53. The van der Waals surface area contributed by atoms with Crippen LogP contribution in [-0.2, 0) is 0 Å². The third-order valence-electron chi connectivity index (χ3n) is 6.92. The Balaban J connectivity index is 1.38. The van der Waals surface area contributed by atoms with Gasteiger partial charge in [-0.15, -0.1) is 0 Å². The Morgan fingerprint density at radius 1 is 1.03 bits per heavy atom. The molecule has 148 valence electrons. The van der Waals surface area contributed by atoms with E-state index in [1.165, 1.54) is 18.4 Å². The van der Waals surface area contributed by atoms with Gasteiger partial charge in [0, 0.05) is 19.5 Å². The zero-order valence-electron chi connectivity index (χ0n) is 16.6. The number of nitrogens with zero attached hydrogens (tertiary/aromatic N) is 3. The minimum atomic E-state index is 0.112. The van der Waals surface area contributed by atoms with Crippen molar-refractivity contribution in [2.75, 3.05) is 18.0 Å². The van der Waals surface area contributed by atoms with E-state index in [9.17, 15) is 10.5 Å². The van der Waals surface area contributed by atoms with E-state index in [-0.39, 0.29) is 5.41 Å². The van der Waals surface area contributed by atoms with Crippen molar-refractivity contribution in [3.63, 3.8) is 0 Å². The van der Waals surface area contributed by atoms with Gasteiger partial charge in [0.2, 0.25) is 0 Å². The summed E-state index contributed by atoms with van der Waals surface area (Å²) in [5.74, 6) is 1.48. The first kappa shape index (κ1) is 19.8. The number of hydrogen-bond donors (Lipinski definition) is 0. The molecule has 1 heterocycles. The van der Waals surface area contributed by atoms with Crippen molar-refractivity contribution in [3.8, 4) is 12.1 Å². The predicted molar refractivity (Wildman–Crippen MR) is 117 cm³/mol. The second-order valence-corrected chi connectivity index (χ2v) is 9.03. The van der Waals surface area contributed by atoms with Crippen LogP contribution in [0.2, 0.25) is 5.02 Å². The summed E-state index contributed by atoms with van der Waals surface area (Å²) in [5, 5.41) is 19.5. The molecule has 4 rings (SSSR count). The Labute approximate surface area is 178 Å². The highest BCUT2D eigenvalue weighted by atomic mass is 35.5. The van der Waals surface area contributed by atoms with Crippen molar-refractivity contribution in [1.29, 1.82) is 10.5 Å². The SMILES string of the molecule is N#CCC1(CCC2CC2c2ccccc2)CCN(c2cccc(Cl)c2C#N)CC1. The Bertz CT molecular complexity index is 933. The number of piperidine rings is 1. The molecule has 2 atom stereocenters. The van der Waals surface area contributed by atoms with Gasteiger partial charge in [-0.1, -0.05) is 48.0 Å². The largest absolute Gasteiger partial charge is 0.370 e. The van der Waals surface area contributed by atoms with Crippen LogP contribution < -0.4 is 4.90 Å². The first-order valence-electron chi connectivity index (χ1n) is 10.5. The molecular formula is C25H26ClN3. The monoisotopic (exact) mass is 403 g/mol. The van der Waals surface area contributed by atoms with Crippen LogP contribution in [0.4, 0.5) is 5.69 Å². The van der Waals surface area contributed by atoms with Crippen LogP contribution in [0.25, 0.3) is 0 Å². The predicted octanol–water partition coefficient (Wildman–Crippen LogP) is 6.30. The smallest absolute Gasteiger partial charge is 0.103 e. The van der Waals surface area contributed by atoms with E-state index in [1.807, 2.05) is 12.1 Å². The fourth-order valence-electron chi connectivity index (χ4n) is 4.96. The van der Waals surface area contributed by atoms with Crippen LogP contribution >= 0.6 is 11.6 Å². The summed E-state index contributed by atoms with van der Waals surface area (Å²) in [6.07, 6.45) is 6.25. The molecule has 1 saturated heterocycles. The van der Waals surface area contributed by atoms with Crippen LogP contribution in [0.1, 0.15) is 55.6 Å². The number of rotatable bonds is 6. The fourth-order valence-corrected chi connectivity index (χ4v) is 5.17. The van der Waals surface area contributed by atoms with Crippen molar-refractivity contribution in [3.05, 3.63) is 64.7 Å². The molecule has 0 aromatic heterocycles. The van der Waals surface area contributed by atoms with Gasteiger partial charge in [0.15, 0.2) is 0 Å². The maximum atomic E-state index is 9.48. The summed E-state index contributed by atoms with van der Waals surface area (Å²) in [6, 6.07) is 21.2. The number of nitriles is 2. The lowest BCUT2D eigenvalue weighted by molar-refractivity contribution is 0.195. The molecule has 2 fully saturated rings. The van der Waals surface area contributed by atoms with Crippen molar-refractivity contribution < 1.29 is 0 Å². The molecule has 2 aliphatic rings. The first-order chi connectivity index (χ1) is 14.2. The molecule has 1 aliphatic carbocycles. The lowest BCUT2D eigenvalue weighted by atomic mass is 9.72. The Morgan fingerprint density at radius 2 is 1.79 bits per heavy atom. The summed E-state index contributed by atoms with van der Waals surface area (Å²) in [4.78, 5) is 2.27. The van der Waals surface area contributed by atoms with Gasteiger partial charge in [-0.05, 0) is 67.1 Å². The van der Waals surface area contributed by atoms with Gasteiger partial charge in [0.05, 0.1) is 22.3 Å². The topological polar surface area (TPSA) is 50.8 Å². The third kappa shape index (κ3) is 4.26. The average Bonchev–Trinajstić information content (AvgIpc) is 3.54. The Morgan fingerprint density at radius 3 is 2.48 bits per heavy atom. The molecule has 1 saturated carbocycles. The molecular weight excluding hydrogens is 378 g/mol. The summed E-state index contributed by atoms with van der Waals surface area (Å²) < 4.78 is 0. The van der Waals surface area contributed by atoms with Crippen molar-refractivity contribution in [2.45, 2.75) is 44.4 Å². The third-order valence-corrected chi connectivity index (χ3v) is 7.23. The van der Waals surface area contributed by atoms with Crippen LogP contribution in [0.5, 0.6) is 0 Å². The van der Waals surface area contributed by atoms with E-state index < -0.39 is 0 Å². The van der Waals surface area contributed by atoms with Gasteiger partial charge in [0.1, 0.15) is 6.07 Å². The fraction of sp³-hybridized carbons (Fsp3) is 0.440. The average molecular weight is 404 g/mol. The second-order valence-electron chi connectivity index (χ2n) is 8.62. The standard InChI is InChI=1S/C25H26ClN3/c26-23-7-4-8-24(22(23)18-28)29-15-12-25(11-14-27,13-16-29)10-9-20-17-21(20)19-5-2-1-3-6-19/h1-8,20-21H,9-13,15-17H2. The molecule has 0 amide bonds. The van der Waals surface area contributed by atoms with Crippen molar-refractivity contribution >= 4 is 17.3 Å². The highest BCUT2D eigenvalue weighted by Gasteiger charge is 2.41. The first-order valence-corrected chi connectivity index (χ1v) is 10.9. The molecule has 2 aromatic carbocycles. The molecule has 0 N–H and O–H groups in total. The van der Waals surface area contributed by atoms with E-state index in [4.69, 9.17) is 11.6 Å². The minimum Gasteiger partial charge on any atom is -0.370 e. The molecule has 2 unspecified atom stereocenters. The van der Waals surface area contributed by atoms with Gasteiger partial charge in [0.25, 0.3) is 0 Å². The molecule has 3 nitrogen and oxygen atoms in total. The van der Waals surface area contributed by atoms with Gasteiger partial charge in [-0.3, -0.25) is 0 Å². The summed E-state index contributed by atoms with van der Waals surface area (Å²) in [7, 11) is 0. The number of hydrogen-bond acceptors (Lipinski definition) is 3. The Kier molecular flexibility index (Phi) is 5.79. The van der Waals surface area contributed by atoms with Gasteiger partial charge in [-0.2, -0.15) is 10.5 Å². The molecule has 1 aliphatic heterocycles. The number of anilines is 1. The summed E-state index contributed by atoms with van der Waals surface area (Å²) in [5.41, 5.74) is 3.06. The van der Waals surface area contributed by atoms with Gasteiger partial charge >= 0.3 is 0 Å². The molecule has 0 spiro atoms. The normalized spacial score (nSPS) is 22.5. The van der Waals surface area contributed by atoms with Crippen LogP contribution in [0.15, 0.2) is 48.5 Å². The Hall–Kier alpha value is -2.49. The molecule has 0 radical (unpaired) electrons. The van der Waals surface area contributed by atoms with Crippen LogP contribution in [0.3, 0.4) is 0 Å². The van der Waals surface area contributed by atoms with Crippen LogP contribution in [0, 0.1) is 34.0 Å². The lowest BCUT2D eigenvalue weighted by Gasteiger charge is -2.42. The van der Waals surface area contributed by atoms with Crippen molar-refractivity contribution in [1.82, 2.24) is 0 Å². The molecule has 2 aromatic rings. The summed E-state index contributed by atoms with van der Waals surface area (Å²) >= 11 is 6.22. The highest BCUT2D eigenvalue weighted by molar-refractivity contribution is 6.32. The lowest BCUT2D eigenvalue weighted by Crippen LogP contribution is -2.40. The van der Waals surface area contributed by atoms with Gasteiger partial charge < -0.3 is 4.90 Å². The minimum absolute atomic E-state index is 0.112. The van der Waals surface area contributed by atoms with E-state index in [2.05, 4.69) is 47.4 Å². The van der Waals surface area contributed by atoms with Crippen LogP contribution in [-0.4, -0.2) is 13.1 Å². The molecule has 4 heteroatoms. The molecule has 29 heavy (non-hydrogen) atoms. The van der Waals surface area contributed by atoms with E-state index >= 15 is 0 Å². The second kappa shape index (κ2) is 8.48. The quantitative estimate of drug-likeness (QED) is 0.568.